The minimum Gasteiger partial charge on any atom is -0.381 e. The third-order valence-corrected chi connectivity index (χ3v) is 2.88. The van der Waals surface area contributed by atoms with Crippen LogP contribution in [-0.4, -0.2) is 4.98 Å². The van der Waals surface area contributed by atoms with Crippen LogP contribution in [0.4, 0.5) is 10.1 Å². The number of rotatable bonds is 3. The van der Waals surface area contributed by atoms with Gasteiger partial charge >= 0.3 is 0 Å². The second kappa shape index (κ2) is 5.27. The Labute approximate surface area is 108 Å². The number of aromatic nitrogens is 1. The van der Waals surface area contributed by atoms with Crippen molar-refractivity contribution in [1.82, 2.24) is 4.98 Å². The normalized spacial score (nSPS) is 10.3. The molecule has 0 saturated carbocycles. The number of aryl methyl sites for hydroxylation is 1. The Kier molecular flexibility index (Phi) is 3.74. The minimum atomic E-state index is -0.231. The maximum absolute atomic E-state index is 13.1. The van der Waals surface area contributed by atoms with Gasteiger partial charge in [-0.3, -0.25) is 4.98 Å². The standard InChI is InChI=1S/C13H12BrFN2/c1-9-2-3-12(15)5-13(9)17-7-10-4-11(14)8-16-6-10/h2-6,8,17H,7H2,1H3. The van der Waals surface area contributed by atoms with Crippen molar-refractivity contribution in [3.63, 3.8) is 0 Å². The molecule has 0 spiro atoms. The molecule has 1 aromatic heterocycles. The van der Waals surface area contributed by atoms with Crippen LogP contribution >= 0.6 is 15.9 Å². The van der Waals surface area contributed by atoms with Crippen molar-refractivity contribution >= 4 is 21.6 Å². The topological polar surface area (TPSA) is 24.9 Å². The van der Waals surface area contributed by atoms with Crippen LogP contribution in [-0.2, 0) is 6.54 Å². The van der Waals surface area contributed by atoms with E-state index in [1.54, 1.807) is 18.5 Å². The highest BCUT2D eigenvalue weighted by Crippen LogP contribution is 2.17. The van der Waals surface area contributed by atoms with Crippen LogP contribution in [0.15, 0.2) is 41.1 Å². The zero-order chi connectivity index (χ0) is 12.3. The molecule has 4 heteroatoms. The van der Waals surface area contributed by atoms with E-state index in [0.29, 0.717) is 6.54 Å². The van der Waals surface area contributed by atoms with Crippen LogP contribution in [0.25, 0.3) is 0 Å². The number of hydrogen-bond donors (Lipinski definition) is 1. The number of pyridine rings is 1. The number of nitrogens with zero attached hydrogens (tertiary/aromatic N) is 1. The third kappa shape index (κ3) is 3.27. The molecule has 88 valence electrons. The van der Waals surface area contributed by atoms with Crippen LogP contribution < -0.4 is 5.32 Å². The summed E-state index contributed by atoms with van der Waals surface area (Å²) in [5, 5.41) is 3.20. The van der Waals surface area contributed by atoms with Crippen LogP contribution in [0.1, 0.15) is 11.1 Å². The van der Waals surface area contributed by atoms with Gasteiger partial charge < -0.3 is 5.32 Å². The largest absolute Gasteiger partial charge is 0.381 e. The average molecular weight is 295 g/mol. The molecule has 2 rings (SSSR count). The van der Waals surface area contributed by atoms with Crippen LogP contribution in [0.3, 0.4) is 0 Å². The molecule has 0 aliphatic carbocycles. The van der Waals surface area contributed by atoms with E-state index in [1.165, 1.54) is 12.1 Å². The summed E-state index contributed by atoms with van der Waals surface area (Å²) in [6, 6.07) is 6.70. The molecule has 2 nitrogen and oxygen atoms in total. The summed E-state index contributed by atoms with van der Waals surface area (Å²) in [6.07, 6.45) is 3.52. The summed E-state index contributed by atoms with van der Waals surface area (Å²) in [5.74, 6) is -0.231. The van der Waals surface area contributed by atoms with Gasteiger partial charge in [0.1, 0.15) is 5.82 Å². The Balaban J connectivity index is 2.09. The van der Waals surface area contributed by atoms with Crippen LogP contribution in [0.5, 0.6) is 0 Å². The lowest BCUT2D eigenvalue weighted by molar-refractivity contribution is 0.628. The van der Waals surface area contributed by atoms with Crippen molar-refractivity contribution in [1.29, 1.82) is 0 Å². The van der Waals surface area contributed by atoms with Crippen molar-refractivity contribution in [2.45, 2.75) is 13.5 Å². The number of nitrogens with one attached hydrogen (secondary N) is 1. The highest BCUT2D eigenvalue weighted by atomic mass is 79.9. The zero-order valence-corrected chi connectivity index (χ0v) is 11.0. The Bertz CT molecular complexity index is 529. The summed E-state index contributed by atoms with van der Waals surface area (Å²) in [6.45, 7) is 2.57. The monoisotopic (exact) mass is 294 g/mol. The van der Waals surface area contributed by atoms with E-state index in [-0.39, 0.29) is 5.82 Å². The lowest BCUT2D eigenvalue weighted by Gasteiger charge is -2.09. The quantitative estimate of drug-likeness (QED) is 0.928. The van der Waals surface area contributed by atoms with Gasteiger partial charge in [-0.05, 0) is 52.2 Å². The third-order valence-electron chi connectivity index (χ3n) is 2.44. The molecule has 1 N–H and O–H groups in total. The van der Waals surface area contributed by atoms with Crippen molar-refractivity contribution in [3.8, 4) is 0 Å². The highest BCUT2D eigenvalue weighted by molar-refractivity contribution is 9.10. The SMILES string of the molecule is Cc1ccc(F)cc1NCc1cncc(Br)c1. The molecule has 2 aromatic rings. The number of hydrogen-bond acceptors (Lipinski definition) is 2. The van der Waals surface area contributed by atoms with Crippen LogP contribution in [0.2, 0.25) is 0 Å². The summed E-state index contributed by atoms with van der Waals surface area (Å²) in [7, 11) is 0. The van der Waals surface area contributed by atoms with Crippen LogP contribution in [0, 0.1) is 12.7 Å². The summed E-state index contributed by atoms with van der Waals surface area (Å²) >= 11 is 3.36. The molecule has 0 aliphatic heterocycles. The first-order valence-corrected chi connectivity index (χ1v) is 6.04. The fourth-order valence-corrected chi connectivity index (χ4v) is 1.95. The summed E-state index contributed by atoms with van der Waals surface area (Å²) in [4.78, 5) is 4.08. The molecule has 1 aromatic carbocycles. The van der Waals surface area contributed by atoms with Crippen molar-refractivity contribution in [2.24, 2.45) is 0 Å². The lowest BCUT2D eigenvalue weighted by Crippen LogP contribution is -2.01. The predicted molar refractivity (Wildman–Crippen MR) is 70.4 cm³/mol. The van der Waals surface area contributed by atoms with E-state index in [4.69, 9.17) is 0 Å². The van der Waals surface area contributed by atoms with E-state index in [1.807, 2.05) is 13.0 Å². The Hall–Kier alpha value is -1.42. The Morgan fingerprint density at radius 2 is 2.12 bits per heavy atom. The Morgan fingerprint density at radius 1 is 1.29 bits per heavy atom. The van der Waals surface area contributed by atoms with Gasteiger partial charge in [0.2, 0.25) is 0 Å². The van der Waals surface area contributed by atoms with E-state index in [9.17, 15) is 4.39 Å². The molecule has 0 unspecified atom stereocenters. The van der Waals surface area contributed by atoms with Gasteiger partial charge in [0.05, 0.1) is 0 Å². The molecule has 0 bridgehead atoms. The van der Waals surface area contributed by atoms with Crippen molar-refractivity contribution in [2.75, 3.05) is 5.32 Å². The van der Waals surface area contributed by atoms with Crippen molar-refractivity contribution < 1.29 is 4.39 Å². The molecule has 0 saturated heterocycles. The first-order valence-electron chi connectivity index (χ1n) is 5.24. The van der Waals surface area contributed by atoms with Gasteiger partial charge in [0.25, 0.3) is 0 Å². The molecular weight excluding hydrogens is 283 g/mol. The molecule has 17 heavy (non-hydrogen) atoms. The fraction of sp³-hybridized carbons (Fsp3) is 0.154. The molecule has 0 radical (unpaired) electrons. The lowest BCUT2D eigenvalue weighted by atomic mass is 10.2. The maximum atomic E-state index is 13.1. The molecule has 0 aliphatic rings. The minimum absolute atomic E-state index is 0.231. The second-order valence-corrected chi connectivity index (χ2v) is 4.74. The first kappa shape index (κ1) is 12.0. The molecule has 0 atom stereocenters. The molecule has 1 heterocycles. The highest BCUT2D eigenvalue weighted by Gasteiger charge is 2.00. The predicted octanol–water partition coefficient (Wildman–Crippen LogP) is 3.90. The van der Waals surface area contributed by atoms with E-state index < -0.39 is 0 Å². The maximum Gasteiger partial charge on any atom is 0.125 e. The number of halogens is 2. The first-order chi connectivity index (χ1) is 8.15. The van der Waals surface area contributed by atoms with E-state index in [0.717, 1.165) is 21.3 Å². The number of anilines is 1. The van der Waals surface area contributed by atoms with Gasteiger partial charge in [0, 0.05) is 29.1 Å². The summed E-state index contributed by atoms with van der Waals surface area (Å²) < 4.78 is 14.0. The Morgan fingerprint density at radius 3 is 2.88 bits per heavy atom. The van der Waals surface area contributed by atoms with Crippen molar-refractivity contribution in [3.05, 3.63) is 58.1 Å². The average Bonchev–Trinajstić information content (AvgIpc) is 2.30. The molecule has 0 amide bonds. The van der Waals surface area contributed by atoms with E-state index >= 15 is 0 Å². The second-order valence-electron chi connectivity index (χ2n) is 3.82. The van der Waals surface area contributed by atoms with Gasteiger partial charge in [-0.1, -0.05) is 6.07 Å². The van der Waals surface area contributed by atoms with Gasteiger partial charge in [-0.15, -0.1) is 0 Å². The summed E-state index contributed by atoms with van der Waals surface area (Å²) in [5.41, 5.74) is 2.88. The van der Waals surface area contributed by atoms with Gasteiger partial charge in [-0.2, -0.15) is 0 Å². The zero-order valence-electron chi connectivity index (χ0n) is 9.37. The fourth-order valence-electron chi connectivity index (χ4n) is 1.53. The molecule has 0 fully saturated rings. The molecular formula is C13H12BrFN2. The van der Waals surface area contributed by atoms with Gasteiger partial charge in [0.15, 0.2) is 0 Å². The number of benzene rings is 1. The van der Waals surface area contributed by atoms with E-state index in [2.05, 4.69) is 26.2 Å². The smallest absolute Gasteiger partial charge is 0.125 e. The van der Waals surface area contributed by atoms with Gasteiger partial charge in [-0.25, -0.2) is 4.39 Å².